The lowest BCUT2D eigenvalue weighted by Gasteiger charge is -2.21. The van der Waals surface area contributed by atoms with Gasteiger partial charge in [0.2, 0.25) is 0 Å². The fourth-order valence-corrected chi connectivity index (χ4v) is 1.33. The fraction of sp³-hybridized carbons (Fsp3) is 0.400. The Morgan fingerprint density at radius 2 is 1.92 bits per heavy atom. The van der Waals surface area contributed by atoms with Gasteiger partial charge in [-0.1, -0.05) is 0 Å². The third-order valence-electron chi connectivity index (χ3n) is 2.14. The molecule has 0 aliphatic heterocycles. The molecule has 1 aromatic rings. The van der Waals surface area contributed by atoms with Crippen molar-refractivity contribution in [2.75, 3.05) is 23.7 Å². The third kappa shape index (κ3) is 2.05. The number of hydrogen-bond donors (Lipinski definition) is 2. The van der Waals surface area contributed by atoms with Crippen molar-refractivity contribution in [1.29, 1.82) is 0 Å². The van der Waals surface area contributed by atoms with Crippen LogP contribution in [0.4, 0.5) is 11.4 Å². The van der Waals surface area contributed by atoms with E-state index in [1.54, 1.807) is 12.1 Å². The zero-order valence-electron chi connectivity index (χ0n) is 8.12. The maximum atomic E-state index is 9.23. The summed E-state index contributed by atoms with van der Waals surface area (Å²) in [6.45, 7) is 6.07. The second-order valence-corrected chi connectivity index (χ2v) is 2.92. The van der Waals surface area contributed by atoms with Crippen LogP contribution in [-0.4, -0.2) is 18.2 Å². The third-order valence-corrected chi connectivity index (χ3v) is 2.14. The van der Waals surface area contributed by atoms with E-state index in [0.717, 1.165) is 18.8 Å². The van der Waals surface area contributed by atoms with Crippen molar-refractivity contribution in [3.05, 3.63) is 18.2 Å². The molecular weight excluding hydrogens is 164 g/mol. The summed E-state index contributed by atoms with van der Waals surface area (Å²) in [4.78, 5) is 2.18. The smallest absolute Gasteiger partial charge is 0.138 e. The molecule has 1 rings (SSSR count). The molecule has 3 nitrogen and oxygen atoms in total. The van der Waals surface area contributed by atoms with E-state index in [0.29, 0.717) is 5.69 Å². The van der Waals surface area contributed by atoms with Gasteiger partial charge in [-0.05, 0) is 32.0 Å². The molecule has 0 saturated heterocycles. The molecule has 0 radical (unpaired) electrons. The van der Waals surface area contributed by atoms with E-state index < -0.39 is 0 Å². The van der Waals surface area contributed by atoms with E-state index in [1.165, 1.54) is 0 Å². The maximum absolute atomic E-state index is 9.23. The van der Waals surface area contributed by atoms with Crippen LogP contribution in [0.1, 0.15) is 13.8 Å². The number of rotatable bonds is 3. The standard InChI is InChI=1S/C10H16N2O/c1-3-12(4-2)8-5-6-10(13)9(11)7-8/h5-7,13H,3-4,11H2,1-2H3. The Morgan fingerprint density at radius 1 is 1.31 bits per heavy atom. The van der Waals surface area contributed by atoms with Crippen LogP contribution in [0.2, 0.25) is 0 Å². The molecule has 3 N–H and O–H groups in total. The van der Waals surface area contributed by atoms with Crippen LogP contribution in [0.5, 0.6) is 5.75 Å². The molecular formula is C10H16N2O. The molecule has 0 atom stereocenters. The highest BCUT2D eigenvalue weighted by Crippen LogP contribution is 2.25. The van der Waals surface area contributed by atoms with Gasteiger partial charge in [0.25, 0.3) is 0 Å². The number of hydrogen-bond acceptors (Lipinski definition) is 3. The first kappa shape index (κ1) is 9.71. The minimum absolute atomic E-state index is 0.149. The van der Waals surface area contributed by atoms with Crippen LogP contribution in [0.15, 0.2) is 18.2 Å². The Morgan fingerprint density at radius 3 is 2.38 bits per heavy atom. The monoisotopic (exact) mass is 180 g/mol. The Bertz CT molecular complexity index is 282. The zero-order chi connectivity index (χ0) is 9.84. The summed E-state index contributed by atoms with van der Waals surface area (Å²) >= 11 is 0. The number of nitrogens with two attached hydrogens (primary N) is 1. The Labute approximate surface area is 78.8 Å². The molecule has 0 fully saturated rings. The molecule has 0 aromatic heterocycles. The Hall–Kier alpha value is -1.38. The largest absolute Gasteiger partial charge is 0.506 e. The molecule has 0 aliphatic carbocycles. The second-order valence-electron chi connectivity index (χ2n) is 2.92. The van der Waals surface area contributed by atoms with Crippen molar-refractivity contribution < 1.29 is 5.11 Å². The molecule has 72 valence electrons. The average molecular weight is 180 g/mol. The minimum atomic E-state index is 0.149. The van der Waals surface area contributed by atoms with E-state index in [9.17, 15) is 5.11 Å². The zero-order valence-corrected chi connectivity index (χ0v) is 8.12. The van der Waals surface area contributed by atoms with Crippen molar-refractivity contribution in [2.45, 2.75) is 13.8 Å². The number of anilines is 2. The van der Waals surface area contributed by atoms with Gasteiger partial charge < -0.3 is 15.7 Å². The molecule has 0 amide bonds. The lowest BCUT2D eigenvalue weighted by Crippen LogP contribution is -2.21. The first-order chi connectivity index (χ1) is 6.19. The summed E-state index contributed by atoms with van der Waals surface area (Å²) in [7, 11) is 0. The van der Waals surface area contributed by atoms with Gasteiger partial charge in [-0.15, -0.1) is 0 Å². The average Bonchev–Trinajstić information content (AvgIpc) is 2.13. The van der Waals surface area contributed by atoms with Gasteiger partial charge in [0.05, 0.1) is 5.69 Å². The number of phenolic OH excluding ortho intramolecular Hbond substituents is 1. The molecule has 0 heterocycles. The lowest BCUT2D eigenvalue weighted by atomic mass is 10.2. The summed E-state index contributed by atoms with van der Waals surface area (Å²) in [5, 5.41) is 9.23. The van der Waals surface area contributed by atoms with Gasteiger partial charge in [0.15, 0.2) is 0 Å². The van der Waals surface area contributed by atoms with Crippen molar-refractivity contribution in [1.82, 2.24) is 0 Å². The highest BCUT2D eigenvalue weighted by Gasteiger charge is 2.03. The van der Waals surface area contributed by atoms with E-state index in [1.807, 2.05) is 6.07 Å². The normalized spacial score (nSPS) is 10.0. The molecule has 1 aromatic carbocycles. The SMILES string of the molecule is CCN(CC)c1ccc(O)c(N)c1. The summed E-state index contributed by atoms with van der Waals surface area (Å²) in [6, 6.07) is 5.30. The quantitative estimate of drug-likeness (QED) is 0.551. The number of nitrogen functional groups attached to an aromatic ring is 1. The van der Waals surface area contributed by atoms with Crippen molar-refractivity contribution in [2.24, 2.45) is 0 Å². The molecule has 13 heavy (non-hydrogen) atoms. The van der Waals surface area contributed by atoms with Gasteiger partial charge in [-0.2, -0.15) is 0 Å². The maximum Gasteiger partial charge on any atom is 0.138 e. The fourth-order valence-electron chi connectivity index (χ4n) is 1.33. The molecule has 0 unspecified atom stereocenters. The summed E-state index contributed by atoms with van der Waals surface area (Å²) < 4.78 is 0. The van der Waals surface area contributed by atoms with E-state index >= 15 is 0 Å². The van der Waals surface area contributed by atoms with Crippen molar-refractivity contribution in [3.63, 3.8) is 0 Å². The highest BCUT2D eigenvalue weighted by molar-refractivity contribution is 5.62. The summed E-state index contributed by atoms with van der Waals surface area (Å²) in [6.07, 6.45) is 0. The molecule has 3 heteroatoms. The molecule has 0 aliphatic rings. The van der Waals surface area contributed by atoms with Crippen molar-refractivity contribution in [3.8, 4) is 5.75 Å². The minimum Gasteiger partial charge on any atom is -0.506 e. The van der Waals surface area contributed by atoms with E-state index in [2.05, 4.69) is 18.7 Å². The van der Waals surface area contributed by atoms with Crippen LogP contribution >= 0.6 is 0 Å². The van der Waals surface area contributed by atoms with E-state index in [4.69, 9.17) is 5.73 Å². The molecule has 0 spiro atoms. The van der Waals surface area contributed by atoms with Gasteiger partial charge >= 0.3 is 0 Å². The number of phenols is 1. The van der Waals surface area contributed by atoms with Crippen LogP contribution in [-0.2, 0) is 0 Å². The van der Waals surface area contributed by atoms with Gasteiger partial charge in [-0.3, -0.25) is 0 Å². The Kier molecular flexibility index (Phi) is 3.01. The number of aromatic hydroxyl groups is 1. The van der Waals surface area contributed by atoms with Gasteiger partial charge in [0, 0.05) is 18.8 Å². The summed E-state index contributed by atoms with van der Waals surface area (Å²) in [5.74, 6) is 0.149. The topological polar surface area (TPSA) is 49.5 Å². The molecule has 0 bridgehead atoms. The predicted octanol–water partition coefficient (Wildman–Crippen LogP) is 1.82. The second kappa shape index (κ2) is 4.03. The highest BCUT2D eigenvalue weighted by atomic mass is 16.3. The van der Waals surface area contributed by atoms with Gasteiger partial charge in [-0.25, -0.2) is 0 Å². The summed E-state index contributed by atoms with van der Waals surface area (Å²) in [5.41, 5.74) is 7.08. The van der Waals surface area contributed by atoms with Crippen LogP contribution in [0.3, 0.4) is 0 Å². The number of nitrogens with zero attached hydrogens (tertiary/aromatic N) is 1. The van der Waals surface area contributed by atoms with Crippen LogP contribution in [0, 0.1) is 0 Å². The first-order valence-corrected chi connectivity index (χ1v) is 4.52. The first-order valence-electron chi connectivity index (χ1n) is 4.52. The lowest BCUT2D eigenvalue weighted by molar-refractivity contribution is 0.478. The Balaban J connectivity index is 2.95. The number of benzene rings is 1. The van der Waals surface area contributed by atoms with Crippen LogP contribution in [0.25, 0.3) is 0 Å². The van der Waals surface area contributed by atoms with Gasteiger partial charge in [0.1, 0.15) is 5.75 Å². The predicted molar refractivity (Wildman–Crippen MR) is 56.1 cm³/mol. The van der Waals surface area contributed by atoms with Crippen LogP contribution < -0.4 is 10.6 Å². The van der Waals surface area contributed by atoms with E-state index in [-0.39, 0.29) is 5.75 Å². The molecule has 0 saturated carbocycles. The van der Waals surface area contributed by atoms with Crippen molar-refractivity contribution >= 4 is 11.4 Å².